The van der Waals surface area contributed by atoms with E-state index in [-0.39, 0.29) is 12.5 Å². The van der Waals surface area contributed by atoms with Crippen molar-refractivity contribution in [2.45, 2.75) is 0 Å². The van der Waals surface area contributed by atoms with Crippen LogP contribution in [0.2, 0.25) is 0 Å². The second-order valence-electron chi connectivity index (χ2n) is 4.31. The van der Waals surface area contributed by atoms with E-state index in [4.69, 9.17) is 14.6 Å². The second kappa shape index (κ2) is 5.90. The Morgan fingerprint density at radius 3 is 2.95 bits per heavy atom. The number of rotatable bonds is 5. The molecule has 0 saturated heterocycles. The normalized spacial score (nSPS) is 12.0. The molecule has 9 heteroatoms. The Morgan fingerprint density at radius 2 is 2.14 bits per heavy atom. The Labute approximate surface area is 128 Å². The zero-order valence-electron chi connectivity index (χ0n) is 11.2. The number of carbonyl (C=O) groups excluding carboxylic acids is 1. The van der Waals surface area contributed by atoms with Crippen LogP contribution in [0.4, 0.5) is 10.8 Å². The summed E-state index contributed by atoms with van der Waals surface area (Å²) >= 11 is 1.24. The highest BCUT2D eigenvalue weighted by atomic mass is 32.1. The predicted molar refractivity (Wildman–Crippen MR) is 77.9 cm³/mol. The van der Waals surface area contributed by atoms with Crippen LogP contribution in [0.1, 0.15) is 10.5 Å². The molecule has 3 N–H and O–H groups in total. The molecule has 1 aromatic carbocycles. The molecule has 0 saturated carbocycles. The standard InChI is InChI=1S/C13H11N3O5S/c17-11(18)4-14-12(19)8-5-22-13(16-8)15-7-1-2-9-10(3-7)21-6-20-9/h1-3,5H,4,6H2,(H,14,19)(H,15,16)(H,17,18). The van der Waals surface area contributed by atoms with E-state index in [1.54, 1.807) is 23.6 Å². The summed E-state index contributed by atoms with van der Waals surface area (Å²) in [5, 5.41) is 15.9. The third-order valence-electron chi connectivity index (χ3n) is 2.76. The molecular formula is C13H11N3O5S. The van der Waals surface area contributed by atoms with Gasteiger partial charge in [-0.05, 0) is 12.1 Å². The van der Waals surface area contributed by atoms with Crippen molar-refractivity contribution in [2.75, 3.05) is 18.7 Å². The van der Waals surface area contributed by atoms with E-state index in [0.717, 1.165) is 5.69 Å². The number of ether oxygens (including phenoxy) is 2. The van der Waals surface area contributed by atoms with Crippen LogP contribution in [-0.2, 0) is 4.79 Å². The number of carboxylic acids is 1. The van der Waals surface area contributed by atoms with Crippen molar-refractivity contribution in [3.05, 3.63) is 29.3 Å². The van der Waals surface area contributed by atoms with E-state index in [1.807, 2.05) is 0 Å². The Hall–Kier alpha value is -2.81. The van der Waals surface area contributed by atoms with Gasteiger partial charge in [0.2, 0.25) is 6.79 Å². The zero-order valence-corrected chi connectivity index (χ0v) is 12.0. The fourth-order valence-electron chi connectivity index (χ4n) is 1.78. The Kier molecular flexibility index (Phi) is 3.79. The summed E-state index contributed by atoms with van der Waals surface area (Å²) in [7, 11) is 0. The summed E-state index contributed by atoms with van der Waals surface area (Å²) in [5.74, 6) is -0.320. The lowest BCUT2D eigenvalue weighted by molar-refractivity contribution is -0.135. The smallest absolute Gasteiger partial charge is 0.322 e. The topological polar surface area (TPSA) is 110 Å². The van der Waals surface area contributed by atoms with Gasteiger partial charge in [0.05, 0.1) is 0 Å². The monoisotopic (exact) mass is 321 g/mol. The first kappa shape index (κ1) is 14.1. The first-order chi connectivity index (χ1) is 10.6. The molecule has 114 valence electrons. The van der Waals surface area contributed by atoms with Gasteiger partial charge in [0.15, 0.2) is 16.6 Å². The molecule has 2 heterocycles. The van der Waals surface area contributed by atoms with Crippen molar-refractivity contribution in [2.24, 2.45) is 0 Å². The summed E-state index contributed by atoms with van der Waals surface area (Å²) in [6, 6.07) is 5.35. The van der Waals surface area contributed by atoms with E-state index < -0.39 is 18.4 Å². The Bertz CT molecular complexity index is 730. The molecule has 3 rings (SSSR count). The third kappa shape index (κ3) is 3.09. The van der Waals surface area contributed by atoms with E-state index in [2.05, 4.69) is 15.6 Å². The number of carboxylic acid groups (broad SMARTS) is 1. The molecule has 1 aromatic heterocycles. The lowest BCUT2D eigenvalue weighted by Gasteiger charge is -2.03. The van der Waals surface area contributed by atoms with Crippen LogP contribution in [0.25, 0.3) is 0 Å². The van der Waals surface area contributed by atoms with Gasteiger partial charge < -0.3 is 25.2 Å². The minimum atomic E-state index is -1.11. The summed E-state index contributed by atoms with van der Waals surface area (Å²) < 4.78 is 10.5. The molecule has 1 aliphatic rings. The number of aromatic nitrogens is 1. The number of hydrogen-bond acceptors (Lipinski definition) is 7. The summed E-state index contributed by atoms with van der Waals surface area (Å²) in [5.41, 5.74) is 0.908. The zero-order chi connectivity index (χ0) is 15.5. The number of hydrogen-bond donors (Lipinski definition) is 3. The molecule has 2 aromatic rings. The van der Waals surface area contributed by atoms with Crippen LogP contribution in [0.5, 0.6) is 11.5 Å². The molecule has 0 atom stereocenters. The molecule has 8 nitrogen and oxygen atoms in total. The fourth-order valence-corrected chi connectivity index (χ4v) is 2.49. The largest absolute Gasteiger partial charge is 0.480 e. The molecule has 0 aliphatic carbocycles. The lowest BCUT2D eigenvalue weighted by Crippen LogP contribution is -2.29. The second-order valence-corrected chi connectivity index (χ2v) is 5.17. The van der Waals surface area contributed by atoms with Crippen molar-refractivity contribution >= 4 is 34.0 Å². The van der Waals surface area contributed by atoms with Crippen LogP contribution < -0.4 is 20.1 Å². The molecule has 22 heavy (non-hydrogen) atoms. The predicted octanol–water partition coefficient (Wildman–Crippen LogP) is 1.43. The van der Waals surface area contributed by atoms with Crippen LogP contribution in [0.15, 0.2) is 23.6 Å². The van der Waals surface area contributed by atoms with Gasteiger partial charge in [-0.25, -0.2) is 4.98 Å². The van der Waals surface area contributed by atoms with Gasteiger partial charge in [-0.15, -0.1) is 11.3 Å². The average molecular weight is 321 g/mol. The molecule has 0 unspecified atom stereocenters. The van der Waals surface area contributed by atoms with Gasteiger partial charge >= 0.3 is 5.97 Å². The number of thiazole rings is 1. The Balaban J connectivity index is 1.66. The number of aliphatic carboxylic acids is 1. The molecular weight excluding hydrogens is 310 g/mol. The molecule has 0 radical (unpaired) electrons. The molecule has 1 aliphatic heterocycles. The molecule has 0 fully saturated rings. The van der Waals surface area contributed by atoms with E-state index in [9.17, 15) is 9.59 Å². The number of nitrogens with one attached hydrogen (secondary N) is 2. The summed E-state index contributed by atoms with van der Waals surface area (Å²) in [6.45, 7) is -0.245. The van der Waals surface area contributed by atoms with Crippen LogP contribution >= 0.6 is 11.3 Å². The number of fused-ring (bicyclic) bond motifs is 1. The maximum atomic E-state index is 11.7. The minimum Gasteiger partial charge on any atom is -0.480 e. The first-order valence-electron chi connectivity index (χ1n) is 6.24. The first-order valence-corrected chi connectivity index (χ1v) is 7.12. The van der Waals surface area contributed by atoms with Crippen LogP contribution in [-0.4, -0.2) is 35.3 Å². The van der Waals surface area contributed by atoms with Gasteiger partial charge in [0, 0.05) is 17.1 Å². The van der Waals surface area contributed by atoms with Crippen LogP contribution in [0, 0.1) is 0 Å². The van der Waals surface area contributed by atoms with Crippen molar-refractivity contribution in [3.63, 3.8) is 0 Å². The highest BCUT2D eigenvalue weighted by Crippen LogP contribution is 2.35. The molecule has 0 bridgehead atoms. The van der Waals surface area contributed by atoms with Gasteiger partial charge in [0.1, 0.15) is 12.2 Å². The van der Waals surface area contributed by atoms with Gasteiger partial charge in [-0.2, -0.15) is 0 Å². The number of nitrogens with zero attached hydrogens (tertiary/aromatic N) is 1. The molecule has 1 amide bonds. The van der Waals surface area contributed by atoms with E-state index in [0.29, 0.717) is 16.6 Å². The summed E-state index contributed by atoms with van der Waals surface area (Å²) in [4.78, 5) is 26.2. The maximum Gasteiger partial charge on any atom is 0.322 e. The minimum absolute atomic E-state index is 0.162. The summed E-state index contributed by atoms with van der Waals surface area (Å²) in [6.07, 6.45) is 0. The lowest BCUT2D eigenvalue weighted by atomic mass is 10.3. The average Bonchev–Trinajstić information content (AvgIpc) is 3.13. The highest BCUT2D eigenvalue weighted by Gasteiger charge is 2.15. The maximum absolute atomic E-state index is 11.7. The van der Waals surface area contributed by atoms with E-state index >= 15 is 0 Å². The van der Waals surface area contributed by atoms with E-state index in [1.165, 1.54) is 11.3 Å². The fraction of sp³-hybridized carbons (Fsp3) is 0.154. The van der Waals surface area contributed by atoms with Gasteiger partial charge in [0.25, 0.3) is 5.91 Å². The van der Waals surface area contributed by atoms with Crippen LogP contribution in [0.3, 0.4) is 0 Å². The van der Waals surface area contributed by atoms with Crippen molar-refractivity contribution in [1.29, 1.82) is 0 Å². The number of amides is 1. The SMILES string of the molecule is O=C(O)CNC(=O)c1csc(Nc2ccc3c(c2)OCO3)n1. The molecule has 0 spiro atoms. The number of benzene rings is 1. The van der Waals surface area contributed by atoms with Gasteiger partial charge in [-0.1, -0.05) is 0 Å². The number of anilines is 2. The van der Waals surface area contributed by atoms with Crippen molar-refractivity contribution < 1.29 is 24.2 Å². The van der Waals surface area contributed by atoms with Crippen molar-refractivity contribution in [3.8, 4) is 11.5 Å². The highest BCUT2D eigenvalue weighted by molar-refractivity contribution is 7.14. The van der Waals surface area contributed by atoms with Gasteiger partial charge in [-0.3, -0.25) is 9.59 Å². The van der Waals surface area contributed by atoms with Crippen molar-refractivity contribution in [1.82, 2.24) is 10.3 Å². The third-order valence-corrected chi connectivity index (χ3v) is 3.52. The Morgan fingerprint density at radius 1 is 1.32 bits per heavy atom. The quantitative estimate of drug-likeness (QED) is 0.764. The number of carbonyl (C=O) groups is 2.